The van der Waals surface area contributed by atoms with Gasteiger partial charge in [-0.15, -0.1) is 0 Å². The van der Waals surface area contributed by atoms with Crippen molar-refractivity contribution >= 4 is 17.5 Å². The molecular formula is C11H13ClN2O. The molecule has 1 aliphatic rings. The first-order valence-electron chi connectivity index (χ1n) is 4.99. The Bertz CT molecular complexity index is 388. The molecule has 1 aromatic heterocycles. The van der Waals surface area contributed by atoms with Crippen LogP contribution in [-0.4, -0.2) is 17.4 Å². The van der Waals surface area contributed by atoms with Gasteiger partial charge in [0.15, 0.2) is 0 Å². The van der Waals surface area contributed by atoms with Crippen LogP contribution in [0.1, 0.15) is 30.1 Å². The van der Waals surface area contributed by atoms with Crippen molar-refractivity contribution in [2.75, 3.05) is 6.54 Å². The molecule has 3 nitrogen and oxygen atoms in total. The number of nitrogens with zero attached hydrogens (tertiary/aromatic N) is 1. The lowest BCUT2D eigenvalue weighted by atomic mass is 10.1. The second kappa shape index (κ2) is 3.81. The average molecular weight is 225 g/mol. The summed E-state index contributed by atoms with van der Waals surface area (Å²) in [5.41, 5.74) is 0.757. The Hall–Kier alpha value is -1.09. The highest BCUT2D eigenvalue weighted by Gasteiger charge is 2.37. The molecule has 1 amide bonds. The summed E-state index contributed by atoms with van der Waals surface area (Å²) in [6.45, 7) is 2.88. The van der Waals surface area contributed by atoms with E-state index in [2.05, 4.69) is 17.2 Å². The van der Waals surface area contributed by atoms with Gasteiger partial charge >= 0.3 is 0 Å². The summed E-state index contributed by atoms with van der Waals surface area (Å²) in [5.74, 6) is -0.138. The van der Waals surface area contributed by atoms with Gasteiger partial charge in [0.2, 0.25) is 0 Å². The fraction of sp³-hybridized carbons (Fsp3) is 0.455. The van der Waals surface area contributed by atoms with Crippen molar-refractivity contribution in [3.8, 4) is 0 Å². The number of aromatic nitrogens is 1. The van der Waals surface area contributed by atoms with E-state index in [1.54, 1.807) is 18.3 Å². The van der Waals surface area contributed by atoms with Crippen LogP contribution in [0.2, 0.25) is 5.15 Å². The van der Waals surface area contributed by atoms with E-state index in [9.17, 15) is 4.79 Å². The van der Waals surface area contributed by atoms with Gasteiger partial charge in [0.1, 0.15) is 5.15 Å². The molecule has 0 atom stereocenters. The molecular weight excluding hydrogens is 212 g/mol. The molecule has 0 unspecified atom stereocenters. The molecule has 1 aromatic rings. The van der Waals surface area contributed by atoms with Crippen LogP contribution in [0.25, 0.3) is 0 Å². The van der Waals surface area contributed by atoms with Gasteiger partial charge in [-0.1, -0.05) is 18.5 Å². The Morgan fingerprint density at radius 2 is 2.40 bits per heavy atom. The maximum absolute atomic E-state index is 11.7. The third-order valence-corrected chi connectivity index (χ3v) is 3.08. The first kappa shape index (κ1) is 10.4. The number of halogens is 1. The second-order valence-corrected chi connectivity index (χ2v) is 4.69. The molecule has 0 aromatic carbocycles. The molecule has 1 heterocycles. The molecule has 1 fully saturated rings. The van der Waals surface area contributed by atoms with Crippen LogP contribution in [0.15, 0.2) is 18.3 Å². The van der Waals surface area contributed by atoms with Crippen molar-refractivity contribution in [3.63, 3.8) is 0 Å². The maximum atomic E-state index is 11.7. The van der Waals surface area contributed by atoms with Gasteiger partial charge in [-0.05, 0) is 30.4 Å². The number of hydrogen-bond acceptors (Lipinski definition) is 2. The fourth-order valence-corrected chi connectivity index (χ4v) is 1.54. The van der Waals surface area contributed by atoms with E-state index < -0.39 is 0 Å². The number of amides is 1. The molecule has 0 bridgehead atoms. The predicted molar refractivity (Wildman–Crippen MR) is 58.9 cm³/mol. The van der Waals surface area contributed by atoms with E-state index >= 15 is 0 Å². The Morgan fingerprint density at radius 3 is 3.00 bits per heavy atom. The maximum Gasteiger partial charge on any atom is 0.254 e. The summed E-state index contributed by atoms with van der Waals surface area (Å²) in [6.07, 6.45) is 3.95. The molecule has 4 heteroatoms. The van der Waals surface area contributed by atoms with Gasteiger partial charge < -0.3 is 5.32 Å². The van der Waals surface area contributed by atoms with Gasteiger partial charge in [0.05, 0.1) is 5.56 Å². The monoisotopic (exact) mass is 224 g/mol. The number of pyridine rings is 1. The van der Waals surface area contributed by atoms with Gasteiger partial charge in [-0.25, -0.2) is 4.98 Å². The van der Waals surface area contributed by atoms with Gasteiger partial charge in [0.25, 0.3) is 5.91 Å². The minimum absolute atomic E-state index is 0.138. The fourth-order valence-electron chi connectivity index (χ4n) is 1.33. The molecule has 1 aliphatic carbocycles. The van der Waals surface area contributed by atoms with Crippen LogP contribution in [-0.2, 0) is 0 Å². The second-order valence-electron chi connectivity index (χ2n) is 4.34. The lowest BCUT2D eigenvalue weighted by molar-refractivity contribution is 0.0946. The largest absolute Gasteiger partial charge is 0.351 e. The highest BCUT2D eigenvalue weighted by Crippen LogP contribution is 2.44. The molecule has 1 N–H and O–H groups in total. The van der Waals surface area contributed by atoms with Crippen LogP contribution in [0, 0.1) is 5.41 Å². The number of hydrogen-bond donors (Lipinski definition) is 1. The van der Waals surface area contributed by atoms with Crippen molar-refractivity contribution in [1.29, 1.82) is 0 Å². The minimum atomic E-state index is -0.138. The average Bonchev–Trinajstić information content (AvgIpc) is 2.95. The molecule has 0 saturated heterocycles. The number of nitrogens with one attached hydrogen (secondary N) is 1. The normalized spacial score (nSPS) is 17.2. The van der Waals surface area contributed by atoms with Crippen molar-refractivity contribution < 1.29 is 4.79 Å². The molecule has 15 heavy (non-hydrogen) atoms. The van der Waals surface area contributed by atoms with Crippen LogP contribution in [0.3, 0.4) is 0 Å². The summed E-state index contributed by atoms with van der Waals surface area (Å²) >= 11 is 5.81. The smallest absolute Gasteiger partial charge is 0.254 e. The highest BCUT2D eigenvalue weighted by atomic mass is 35.5. The third-order valence-electron chi connectivity index (χ3n) is 2.78. The van der Waals surface area contributed by atoms with E-state index in [1.807, 2.05) is 0 Å². The number of rotatable bonds is 3. The van der Waals surface area contributed by atoms with E-state index in [4.69, 9.17) is 11.6 Å². The van der Waals surface area contributed by atoms with Crippen LogP contribution in [0.5, 0.6) is 0 Å². The minimum Gasteiger partial charge on any atom is -0.351 e. The van der Waals surface area contributed by atoms with Crippen LogP contribution < -0.4 is 5.32 Å². The molecule has 2 rings (SSSR count). The Kier molecular flexibility index (Phi) is 2.65. The van der Waals surface area contributed by atoms with Gasteiger partial charge in [0, 0.05) is 12.7 Å². The van der Waals surface area contributed by atoms with Gasteiger partial charge in [-0.2, -0.15) is 0 Å². The lowest BCUT2D eigenvalue weighted by Crippen LogP contribution is -2.29. The summed E-state index contributed by atoms with van der Waals surface area (Å²) < 4.78 is 0. The van der Waals surface area contributed by atoms with E-state index in [-0.39, 0.29) is 11.1 Å². The summed E-state index contributed by atoms with van der Waals surface area (Å²) in [5, 5.41) is 3.14. The summed E-state index contributed by atoms with van der Waals surface area (Å²) in [6, 6.07) is 3.39. The molecule has 0 aliphatic heterocycles. The zero-order valence-electron chi connectivity index (χ0n) is 8.59. The standard InChI is InChI=1S/C11H13ClN2O/c1-11(4-5-11)7-14-10(15)8-3-2-6-13-9(8)12/h2-3,6H,4-5,7H2,1H3,(H,14,15). The van der Waals surface area contributed by atoms with Gasteiger partial charge in [-0.3, -0.25) is 4.79 Å². The van der Waals surface area contributed by atoms with Crippen molar-refractivity contribution in [2.24, 2.45) is 5.41 Å². The molecule has 0 spiro atoms. The summed E-state index contributed by atoms with van der Waals surface area (Å²) in [7, 11) is 0. The first-order chi connectivity index (χ1) is 7.11. The zero-order valence-corrected chi connectivity index (χ0v) is 9.34. The van der Waals surface area contributed by atoms with Crippen LogP contribution >= 0.6 is 11.6 Å². The topological polar surface area (TPSA) is 42.0 Å². The lowest BCUT2D eigenvalue weighted by Gasteiger charge is -2.10. The quantitative estimate of drug-likeness (QED) is 0.801. The zero-order chi connectivity index (χ0) is 10.9. The highest BCUT2D eigenvalue weighted by molar-refractivity contribution is 6.32. The molecule has 1 saturated carbocycles. The van der Waals surface area contributed by atoms with Crippen molar-refractivity contribution in [2.45, 2.75) is 19.8 Å². The Labute approximate surface area is 93.8 Å². The summed E-state index contributed by atoms with van der Waals surface area (Å²) in [4.78, 5) is 15.6. The van der Waals surface area contributed by atoms with Crippen molar-refractivity contribution in [3.05, 3.63) is 29.0 Å². The van der Waals surface area contributed by atoms with E-state index in [0.29, 0.717) is 11.0 Å². The Balaban J connectivity index is 1.99. The number of carbonyl (C=O) groups excluding carboxylic acids is 1. The Morgan fingerprint density at radius 1 is 1.67 bits per heavy atom. The SMILES string of the molecule is CC1(CNC(=O)c2cccnc2Cl)CC1. The molecule has 0 radical (unpaired) electrons. The van der Waals surface area contributed by atoms with Crippen LogP contribution in [0.4, 0.5) is 0 Å². The molecule has 80 valence electrons. The number of carbonyl (C=O) groups is 1. The first-order valence-corrected chi connectivity index (χ1v) is 5.37. The van der Waals surface area contributed by atoms with E-state index in [0.717, 1.165) is 6.54 Å². The van der Waals surface area contributed by atoms with Crippen molar-refractivity contribution in [1.82, 2.24) is 10.3 Å². The third kappa shape index (κ3) is 2.48. The van der Waals surface area contributed by atoms with E-state index in [1.165, 1.54) is 12.8 Å². The predicted octanol–water partition coefficient (Wildman–Crippen LogP) is 2.26.